The average molecular weight is 427 g/mol. The van der Waals surface area contributed by atoms with Crippen LogP contribution in [0.25, 0.3) is 27.6 Å². The van der Waals surface area contributed by atoms with Crippen molar-refractivity contribution in [1.29, 1.82) is 0 Å². The summed E-state index contributed by atoms with van der Waals surface area (Å²) in [7, 11) is 1.80. The standard InChI is InChI=1S/C22H17N7OS/c1-28-13-18(20(27-28)17-9-5-6-10-23-17)25-21(30)19-14-31-22(26-19)15-11-24-29(12-15)16-7-3-2-4-8-16/h2-14H,1H3,(H,25,30). The molecule has 0 atom stereocenters. The second-order valence-electron chi connectivity index (χ2n) is 6.78. The lowest BCUT2D eigenvalue weighted by molar-refractivity contribution is 0.102. The number of thiazole rings is 1. The molecule has 4 aromatic heterocycles. The van der Waals surface area contributed by atoms with Crippen LogP contribution in [0.1, 0.15) is 10.5 Å². The van der Waals surface area contributed by atoms with Gasteiger partial charge in [0.15, 0.2) is 0 Å². The van der Waals surface area contributed by atoms with E-state index in [2.05, 4.69) is 25.5 Å². The van der Waals surface area contributed by atoms with Crippen LogP contribution in [0.2, 0.25) is 0 Å². The number of anilines is 1. The number of hydrogen-bond acceptors (Lipinski definition) is 6. The van der Waals surface area contributed by atoms with E-state index in [0.29, 0.717) is 22.8 Å². The number of carbonyl (C=O) groups is 1. The van der Waals surface area contributed by atoms with Crippen molar-refractivity contribution < 1.29 is 4.79 Å². The number of rotatable bonds is 5. The molecule has 0 aliphatic carbocycles. The van der Waals surface area contributed by atoms with Crippen molar-refractivity contribution >= 4 is 22.9 Å². The van der Waals surface area contributed by atoms with Gasteiger partial charge in [-0.05, 0) is 24.3 Å². The maximum absolute atomic E-state index is 12.8. The van der Waals surface area contributed by atoms with Gasteiger partial charge in [-0.3, -0.25) is 14.5 Å². The second-order valence-corrected chi connectivity index (χ2v) is 7.64. The summed E-state index contributed by atoms with van der Waals surface area (Å²) in [5, 5.41) is 14.2. The SMILES string of the molecule is Cn1cc(NC(=O)c2csc(-c3cnn(-c4ccccc4)c3)n2)c(-c2ccccn2)n1. The van der Waals surface area contributed by atoms with Gasteiger partial charge in [0, 0.05) is 36.6 Å². The molecule has 0 saturated heterocycles. The highest BCUT2D eigenvalue weighted by Crippen LogP contribution is 2.27. The van der Waals surface area contributed by atoms with Gasteiger partial charge in [0.2, 0.25) is 0 Å². The first-order chi connectivity index (χ1) is 15.2. The van der Waals surface area contributed by atoms with Gasteiger partial charge in [-0.1, -0.05) is 24.3 Å². The molecule has 0 aliphatic heterocycles. The van der Waals surface area contributed by atoms with Crippen LogP contribution >= 0.6 is 11.3 Å². The van der Waals surface area contributed by atoms with Gasteiger partial charge < -0.3 is 5.32 Å². The minimum absolute atomic E-state index is 0.303. The Kier molecular flexibility index (Phi) is 4.85. The van der Waals surface area contributed by atoms with E-state index < -0.39 is 0 Å². The maximum Gasteiger partial charge on any atom is 0.275 e. The highest BCUT2D eigenvalue weighted by molar-refractivity contribution is 7.13. The van der Waals surface area contributed by atoms with Crippen LogP contribution in [-0.4, -0.2) is 35.4 Å². The predicted molar refractivity (Wildman–Crippen MR) is 119 cm³/mol. The van der Waals surface area contributed by atoms with Crippen molar-refractivity contribution in [2.45, 2.75) is 0 Å². The fourth-order valence-electron chi connectivity index (χ4n) is 3.12. The molecule has 8 nitrogen and oxygen atoms in total. The maximum atomic E-state index is 12.8. The number of nitrogens with zero attached hydrogens (tertiary/aromatic N) is 6. The summed E-state index contributed by atoms with van der Waals surface area (Å²) < 4.78 is 3.43. The molecular weight excluding hydrogens is 410 g/mol. The van der Waals surface area contributed by atoms with Crippen LogP contribution in [0.5, 0.6) is 0 Å². The number of carbonyl (C=O) groups excluding carboxylic acids is 1. The van der Waals surface area contributed by atoms with Crippen LogP contribution < -0.4 is 5.32 Å². The van der Waals surface area contributed by atoms with E-state index in [1.807, 2.05) is 54.7 Å². The van der Waals surface area contributed by atoms with Crippen molar-refractivity contribution in [1.82, 2.24) is 29.5 Å². The molecule has 5 aromatic rings. The summed E-state index contributed by atoms with van der Waals surface area (Å²) in [5.41, 5.74) is 4.02. The lowest BCUT2D eigenvalue weighted by Crippen LogP contribution is -2.12. The Labute approximate surface area is 181 Å². The smallest absolute Gasteiger partial charge is 0.275 e. The fourth-order valence-corrected chi connectivity index (χ4v) is 3.90. The third-order valence-electron chi connectivity index (χ3n) is 4.57. The first-order valence-corrected chi connectivity index (χ1v) is 10.4. The highest BCUT2D eigenvalue weighted by atomic mass is 32.1. The number of aryl methyl sites for hydroxylation is 1. The summed E-state index contributed by atoms with van der Waals surface area (Å²) >= 11 is 1.40. The number of aromatic nitrogens is 6. The molecule has 0 spiro atoms. The van der Waals surface area contributed by atoms with Crippen molar-refractivity contribution in [3.05, 3.63) is 84.4 Å². The van der Waals surface area contributed by atoms with E-state index in [9.17, 15) is 4.79 Å². The second kappa shape index (κ2) is 7.96. The molecule has 1 amide bonds. The molecule has 0 unspecified atom stereocenters. The Morgan fingerprint density at radius 1 is 1.06 bits per heavy atom. The van der Waals surface area contributed by atoms with Gasteiger partial charge >= 0.3 is 0 Å². The Morgan fingerprint density at radius 2 is 1.90 bits per heavy atom. The summed E-state index contributed by atoms with van der Waals surface area (Å²) in [6, 6.07) is 15.4. The van der Waals surface area contributed by atoms with Crippen LogP contribution in [0.4, 0.5) is 5.69 Å². The third-order valence-corrected chi connectivity index (χ3v) is 5.46. The van der Waals surface area contributed by atoms with Gasteiger partial charge in [-0.25, -0.2) is 9.67 Å². The fraction of sp³-hybridized carbons (Fsp3) is 0.0455. The Balaban J connectivity index is 1.37. The van der Waals surface area contributed by atoms with E-state index in [1.54, 1.807) is 40.4 Å². The van der Waals surface area contributed by atoms with Gasteiger partial charge in [0.1, 0.15) is 16.4 Å². The molecule has 1 N–H and O–H groups in total. The molecule has 9 heteroatoms. The predicted octanol–water partition coefficient (Wildman–Crippen LogP) is 4.04. The topological polar surface area (TPSA) is 90.5 Å². The molecular formula is C22H17N7OS. The molecule has 0 bridgehead atoms. The van der Waals surface area contributed by atoms with Crippen molar-refractivity contribution in [2.75, 3.05) is 5.32 Å². The minimum Gasteiger partial charge on any atom is -0.317 e. The summed E-state index contributed by atoms with van der Waals surface area (Å²) in [6.45, 7) is 0. The Hall–Kier alpha value is -4.11. The largest absolute Gasteiger partial charge is 0.317 e. The number of pyridine rings is 1. The zero-order valence-corrected chi connectivity index (χ0v) is 17.3. The number of amides is 1. The molecule has 1 aromatic carbocycles. The quantitative estimate of drug-likeness (QED) is 0.457. The van der Waals surface area contributed by atoms with Crippen molar-refractivity contribution in [3.8, 4) is 27.6 Å². The summed E-state index contributed by atoms with van der Waals surface area (Å²) in [4.78, 5) is 21.7. The lowest BCUT2D eigenvalue weighted by atomic mass is 10.2. The van der Waals surface area contributed by atoms with Gasteiger partial charge in [-0.2, -0.15) is 10.2 Å². The molecule has 0 radical (unpaired) electrons. The van der Waals surface area contributed by atoms with E-state index in [-0.39, 0.29) is 5.91 Å². The van der Waals surface area contributed by atoms with Crippen LogP contribution in [0.3, 0.4) is 0 Å². The van der Waals surface area contributed by atoms with Gasteiger partial charge in [-0.15, -0.1) is 11.3 Å². The molecule has 4 heterocycles. The van der Waals surface area contributed by atoms with E-state index in [1.165, 1.54) is 11.3 Å². The summed E-state index contributed by atoms with van der Waals surface area (Å²) in [5.74, 6) is -0.303. The van der Waals surface area contributed by atoms with Crippen LogP contribution in [0, 0.1) is 0 Å². The Bertz CT molecular complexity index is 1340. The molecule has 0 saturated carbocycles. The van der Waals surface area contributed by atoms with Gasteiger partial charge in [0.05, 0.1) is 23.3 Å². The van der Waals surface area contributed by atoms with Crippen LogP contribution in [-0.2, 0) is 7.05 Å². The molecule has 0 aliphatic rings. The van der Waals surface area contributed by atoms with Crippen molar-refractivity contribution in [2.24, 2.45) is 7.05 Å². The minimum atomic E-state index is -0.303. The number of hydrogen-bond donors (Lipinski definition) is 1. The summed E-state index contributed by atoms with van der Waals surface area (Å²) in [6.07, 6.45) is 7.08. The van der Waals surface area contributed by atoms with E-state index in [4.69, 9.17) is 0 Å². The molecule has 152 valence electrons. The molecule has 5 rings (SSSR count). The van der Waals surface area contributed by atoms with Gasteiger partial charge in [0.25, 0.3) is 5.91 Å². The first-order valence-electron chi connectivity index (χ1n) is 9.50. The molecule has 0 fully saturated rings. The Morgan fingerprint density at radius 3 is 2.71 bits per heavy atom. The number of para-hydroxylation sites is 1. The average Bonchev–Trinajstić information content (AvgIpc) is 3.54. The lowest BCUT2D eigenvalue weighted by Gasteiger charge is -2.03. The third kappa shape index (κ3) is 3.86. The zero-order chi connectivity index (χ0) is 21.2. The van der Waals surface area contributed by atoms with Crippen molar-refractivity contribution in [3.63, 3.8) is 0 Å². The zero-order valence-electron chi connectivity index (χ0n) is 16.5. The van der Waals surface area contributed by atoms with E-state index >= 15 is 0 Å². The first kappa shape index (κ1) is 18.9. The van der Waals surface area contributed by atoms with Crippen LogP contribution in [0.15, 0.2) is 78.7 Å². The normalized spacial score (nSPS) is 10.9. The highest BCUT2D eigenvalue weighted by Gasteiger charge is 2.18. The molecule has 31 heavy (non-hydrogen) atoms. The monoisotopic (exact) mass is 427 g/mol. The number of nitrogens with one attached hydrogen (secondary N) is 1. The van der Waals surface area contributed by atoms with E-state index in [0.717, 1.165) is 16.3 Å². The number of benzene rings is 1.